The molecule has 0 spiro atoms. The maximum atomic E-state index is 12.6. The van der Waals surface area contributed by atoms with Gasteiger partial charge in [-0.25, -0.2) is 0 Å². The minimum Gasteiger partial charge on any atom is -0.368 e. The van der Waals surface area contributed by atoms with Crippen molar-refractivity contribution < 1.29 is 22.8 Å². The van der Waals surface area contributed by atoms with Crippen molar-refractivity contribution in [2.24, 2.45) is 5.73 Å². The Kier molecular flexibility index (Phi) is 4.33. The molecule has 1 rings (SSSR count). The molecule has 0 atom stereocenters. The molecule has 4 nitrogen and oxygen atoms in total. The number of carbonyl (C=O) groups excluding carboxylic acids is 2. The maximum Gasteiger partial charge on any atom is 0.417 e. The first-order valence-corrected chi connectivity index (χ1v) is 5.44. The number of hydrogen-bond donors (Lipinski definition) is 2. The van der Waals surface area contributed by atoms with E-state index < -0.39 is 30.1 Å². The van der Waals surface area contributed by atoms with Crippen molar-refractivity contribution in [1.82, 2.24) is 5.32 Å². The summed E-state index contributed by atoms with van der Waals surface area (Å²) >= 11 is 2.75. The largest absolute Gasteiger partial charge is 0.417 e. The monoisotopic (exact) mass is 324 g/mol. The van der Waals surface area contributed by atoms with E-state index in [2.05, 4.69) is 21.2 Å². The Morgan fingerprint density at radius 1 is 1.33 bits per heavy atom. The van der Waals surface area contributed by atoms with Crippen LogP contribution in [0.15, 0.2) is 22.7 Å². The van der Waals surface area contributed by atoms with Crippen molar-refractivity contribution in [1.29, 1.82) is 0 Å². The van der Waals surface area contributed by atoms with E-state index in [0.29, 0.717) is 6.07 Å². The highest BCUT2D eigenvalue weighted by molar-refractivity contribution is 9.10. The van der Waals surface area contributed by atoms with E-state index in [1.165, 1.54) is 6.07 Å². The number of alkyl halides is 3. The van der Waals surface area contributed by atoms with Gasteiger partial charge in [-0.1, -0.05) is 15.9 Å². The Labute approximate surface area is 108 Å². The molecule has 8 heteroatoms. The lowest BCUT2D eigenvalue weighted by molar-refractivity contribution is -0.138. The lowest BCUT2D eigenvalue weighted by Gasteiger charge is -2.10. The normalized spacial score (nSPS) is 11.1. The molecule has 1 aromatic rings. The average molecular weight is 325 g/mol. The van der Waals surface area contributed by atoms with Crippen molar-refractivity contribution in [3.8, 4) is 0 Å². The molecule has 18 heavy (non-hydrogen) atoms. The van der Waals surface area contributed by atoms with Crippen molar-refractivity contribution >= 4 is 27.7 Å². The minimum absolute atomic E-state index is 0.165. The second-order valence-electron chi connectivity index (χ2n) is 3.34. The van der Waals surface area contributed by atoms with Crippen LogP contribution in [0.25, 0.3) is 0 Å². The summed E-state index contributed by atoms with van der Waals surface area (Å²) in [6.07, 6.45) is -4.57. The zero-order valence-corrected chi connectivity index (χ0v) is 10.4. The zero-order chi connectivity index (χ0) is 13.9. The molecule has 0 aliphatic carbocycles. The summed E-state index contributed by atoms with van der Waals surface area (Å²) < 4.78 is 37.5. The second-order valence-corrected chi connectivity index (χ2v) is 4.20. The Bertz CT molecular complexity index is 489. The number of hydrogen-bond acceptors (Lipinski definition) is 2. The van der Waals surface area contributed by atoms with Crippen molar-refractivity contribution in [3.05, 3.63) is 33.8 Å². The van der Waals surface area contributed by atoms with E-state index in [4.69, 9.17) is 5.73 Å². The summed E-state index contributed by atoms with van der Waals surface area (Å²) in [6.45, 7) is -0.434. The van der Waals surface area contributed by atoms with Gasteiger partial charge in [-0.05, 0) is 18.2 Å². The number of benzene rings is 1. The van der Waals surface area contributed by atoms with E-state index in [1.54, 1.807) is 0 Å². The summed E-state index contributed by atoms with van der Waals surface area (Å²) in [5, 5.41) is 2.10. The third kappa shape index (κ3) is 3.73. The summed E-state index contributed by atoms with van der Waals surface area (Å²) in [5.74, 6) is -1.58. The Hall–Kier alpha value is -1.57. The molecule has 0 aliphatic heterocycles. The highest BCUT2D eigenvalue weighted by atomic mass is 79.9. The van der Waals surface area contributed by atoms with Crippen molar-refractivity contribution in [3.63, 3.8) is 0 Å². The van der Waals surface area contributed by atoms with Crippen molar-refractivity contribution in [2.75, 3.05) is 6.54 Å². The van der Waals surface area contributed by atoms with Gasteiger partial charge in [0.2, 0.25) is 5.91 Å². The van der Waals surface area contributed by atoms with E-state index in [0.717, 1.165) is 6.07 Å². The third-order valence-corrected chi connectivity index (χ3v) is 2.65. The number of halogens is 4. The Morgan fingerprint density at radius 2 is 1.94 bits per heavy atom. The molecule has 1 aromatic carbocycles. The number of nitrogens with two attached hydrogens (primary N) is 1. The van der Waals surface area contributed by atoms with Gasteiger partial charge in [0.15, 0.2) is 0 Å². The molecule has 0 saturated heterocycles. The maximum absolute atomic E-state index is 12.6. The molecule has 0 radical (unpaired) electrons. The van der Waals surface area contributed by atoms with Crippen molar-refractivity contribution in [2.45, 2.75) is 6.18 Å². The summed E-state index contributed by atoms with van der Waals surface area (Å²) in [4.78, 5) is 21.9. The van der Waals surface area contributed by atoms with E-state index >= 15 is 0 Å². The van der Waals surface area contributed by atoms with Crippen LogP contribution in [0.3, 0.4) is 0 Å². The number of primary amides is 1. The summed E-state index contributed by atoms with van der Waals surface area (Å²) in [6, 6.07) is 3.01. The molecule has 98 valence electrons. The minimum atomic E-state index is -4.57. The molecule has 3 N–H and O–H groups in total. The van der Waals surface area contributed by atoms with Gasteiger partial charge in [-0.15, -0.1) is 0 Å². The quantitative estimate of drug-likeness (QED) is 0.888. The molecule has 0 aliphatic rings. The Balaban J connectivity index is 2.98. The lowest BCUT2D eigenvalue weighted by atomic mass is 10.1. The van der Waals surface area contributed by atoms with Gasteiger partial charge in [0.25, 0.3) is 5.91 Å². The first-order valence-electron chi connectivity index (χ1n) is 4.65. The van der Waals surface area contributed by atoms with Crippen LogP contribution < -0.4 is 11.1 Å². The van der Waals surface area contributed by atoms with E-state index in [1.807, 2.05) is 0 Å². The van der Waals surface area contributed by atoms with Crippen LogP contribution in [0, 0.1) is 0 Å². The zero-order valence-electron chi connectivity index (χ0n) is 8.84. The van der Waals surface area contributed by atoms with Gasteiger partial charge >= 0.3 is 6.18 Å². The standard InChI is InChI=1S/C10H8BrF3N2O2/c11-7-2-1-5(3-6(7)10(12,13)14)9(18)16-4-8(15)17/h1-3H,4H2,(H2,15,17)(H,16,18). The predicted molar refractivity (Wildman–Crippen MR) is 60.7 cm³/mol. The topological polar surface area (TPSA) is 72.2 Å². The van der Waals surface area contributed by atoms with Gasteiger partial charge in [-0.2, -0.15) is 13.2 Å². The molecule has 2 amide bonds. The second kappa shape index (κ2) is 5.38. The van der Waals surface area contributed by atoms with Gasteiger partial charge in [-0.3, -0.25) is 9.59 Å². The van der Waals surface area contributed by atoms with Gasteiger partial charge in [0.1, 0.15) is 0 Å². The van der Waals surface area contributed by atoms with E-state index in [-0.39, 0.29) is 10.0 Å². The molecule has 0 fully saturated rings. The van der Waals surface area contributed by atoms with Crippen LogP contribution in [-0.2, 0) is 11.0 Å². The molecule has 0 heterocycles. The van der Waals surface area contributed by atoms with Crippen LogP contribution in [0.1, 0.15) is 15.9 Å². The van der Waals surface area contributed by atoms with Gasteiger partial charge < -0.3 is 11.1 Å². The molecule has 0 aromatic heterocycles. The summed E-state index contributed by atoms with van der Waals surface area (Å²) in [7, 11) is 0. The molecule has 0 saturated carbocycles. The van der Waals surface area contributed by atoms with Crippen LogP contribution in [0.5, 0.6) is 0 Å². The lowest BCUT2D eigenvalue weighted by Crippen LogP contribution is -2.33. The number of rotatable bonds is 3. The number of amides is 2. The Morgan fingerprint density at radius 3 is 2.44 bits per heavy atom. The first kappa shape index (κ1) is 14.5. The highest BCUT2D eigenvalue weighted by Gasteiger charge is 2.33. The van der Waals surface area contributed by atoms with E-state index in [9.17, 15) is 22.8 Å². The van der Waals surface area contributed by atoms with Gasteiger partial charge in [0, 0.05) is 10.0 Å². The summed E-state index contributed by atoms with van der Waals surface area (Å²) in [5.41, 5.74) is 3.64. The average Bonchev–Trinajstić information content (AvgIpc) is 2.24. The smallest absolute Gasteiger partial charge is 0.368 e. The molecular formula is C10H8BrF3N2O2. The third-order valence-electron chi connectivity index (χ3n) is 1.96. The highest BCUT2D eigenvalue weighted by Crippen LogP contribution is 2.35. The van der Waals surface area contributed by atoms with Crippen LogP contribution in [-0.4, -0.2) is 18.4 Å². The number of carbonyl (C=O) groups is 2. The molecule has 0 bridgehead atoms. The fourth-order valence-corrected chi connectivity index (χ4v) is 1.62. The van der Waals surface area contributed by atoms with Crippen LogP contribution >= 0.6 is 15.9 Å². The first-order chi connectivity index (χ1) is 8.21. The fraction of sp³-hybridized carbons (Fsp3) is 0.200. The number of nitrogens with one attached hydrogen (secondary N) is 1. The SMILES string of the molecule is NC(=O)CNC(=O)c1ccc(Br)c(C(F)(F)F)c1. The van der Waals surface area contributed by atoms with Crippen LogP contribution in [0.4, 0.5) is 13.2 Å². The van der Waals surface area contributed by atoms with Gasteiger partial charge in [0.05, 0.1) is 12.1 Å². The molecule has 0 unspecified atom stereocenters. The predicted octanol–water partition coefficient (Wildman–Crippen LogP) is 1.68. The van der Waals surface area contributed by atoms with Crippen LogP contribution in [0.2, 0.25) is 0 Å². The fourth-order valence-electron chi connectivity index (χ4n) is 1.15. The molecular weight excluding hydrogens is 317 g/mol.